The van der Waals surface area contributed by atoms with Crippen LogP contribution in [0.3, 0.4) is 0 Å². The molecule has 5 rings (SSSR count). The molecule has 0 bridgehead atoms. The molecular weight excluding hydrogens is 480 g/mol. The standard InChI is InChI=1S/C24H30N8O5/c1-28-7-9-30(10-8-28)17-5-3-16(4-6-17)26-22-25-12-15-13-31(23(35)29(2)20(15)27-22)18-11-19(21(33)34)32(14-18)24(36)37/h3-6,12,18-19H,7-11,13-14H2,1-2H3,(H,33,34)(H,36,37)(H,25,26,27)/t18-,19+/m0/s1. The van der Waals surface area contributed by atoms with Crippen molar-refractivity contribution in [2.75, 3.05) is 61.9 Å². The topological polar surface area (TPSA) is 146 Å². The lowest BCUT2D eigenvalue weighted by atomic mass is 10.1. The van der Waals surface area contributed by atoms with Crippen molar-refractivity contribution in [2.24, 2.45) is 0 Å². The second-order valence-corrected chi connectivity index (χ2v) is 9.65. The molecule has 0 spiro atoms. The van der Waals surface area contributed by atoms with Gasteiger partial charge in [-0.25, -0.2) is 19.4 Å². The summed E-state index contributed by atoms with van der Waals surface area (Å²) in [6, 6.07) is 5.96. The molecule has 3 aliphatic heterocycles. The number of carbonyl (C=O) groups is 3. The molecule has 196 valence electrons. The minimum Gasteiger partial charge on any atom is -0.480 e. The summed E-state index contributed by atoms with van der Waals surface area (Å²) in [5.41, 5.74) is 2.68. The highest BCUT2D eigenvalue weighted by Gasteiger charge is 2.45. The number of rotatable bonds is 5. The fraction of sp³-hybridized carbons (Fsp3) is 0.458. The number of likely N-dealkylation sites (tertiary alicyclic amines) is 1. The molecule has 4 heterocycles. The molecule has 2 fully saturated rings. The molecular formula is C24H30N8O5. The first-order chi connectivity index (χ1) is 17.7. The summed E-state index contributed by atoms with van der Waals surface area (Å²) < 4.78 is 0. The Morgan fingerprint density at radius 3 is 2.38 bits per heavy atom. The van der Waals surface area contributed by atoms with Gasteiger partial charge in [-0.15, -0.1) is 0 Å². The zero-order chi connectivity index (χ0) is 26.3. The van der Waals surface area contributed by atoms with E-state index in [4.69, 9.17) is 0 Å². The van der Waals surface area contributed by atoms with Gasteiger partial charge in [0.15, 0.2) is 0 Å². The van der Waals surface area contributed by atoms with Crippen molar-refractivity contribution in [3.63, 3.8) is 0 Å². The Kier molecular flexibility index (Phi) is 6.46. The molecule has 0 unspecified atom stereocenters. The molecule has 3 N–H and O–H groups in total. The van der Waals surface area contributed by atoms with E-state index in [1.165, 1.54) is 9.80 Å². The van der Waals surface area contributed by atoms with Crippen molar-refractivity contribution in [1.82, 2.24) is 24.7 Å². The van der Waals surface area contributed by atoms with E-state index in [0.717, 1.165) is 42.5 Å². The molecule has 2 aromatic rings. The fourth-order valence-electron chi connectivity index (χ4n) is 5.11. The summed E-state index contributed by atoms with van der Waals surface area (Å²) in [4.78, 5) is 53.6. The first-order valence-electron chi connectivity index (χ1n) is 12.1. The highest BCUT2D eigenvalue weighted by atomic mass is 16.4. The number of carboxylic acids is 1. The van der Waals surface area contributed by atoms with Crippen molar-refractivity contribution in [3.05, 3.63) is 36.0 Å². The Bertz CT molecular complexity index is 1180. The maximum absolute atomic E-state index is 13.2. The maximum atomic E-state index is 13.2. The summed E-state index contributed by atoms with van der Waals surface area (Å²) in [6.07, 6.45) is 0.350. The lowest BCUT2D eigenvalue weighted by molar-refractivity contribution is -0.141. The van der Waals surface area contributed by atoms with Gasteiger partial charge >= 0.3 is 18.1 Å². The van der Waals surface area contributed by atoms with Crippen molar-refractivity contribution >= 4 is 41.2 Å². The van der Waals surface area contributed by atoms with Gasteiger partial charge in [0.2, 0.25) is 5.95 Å². The molecule has 0 saturated carbocycles. The van der Waals surface area contributed by atoms with Crippen molar-refractivity contribution in [1.29, 1.82) is 0 Å². The summed E-state index contributed by atoms with van der Waals surface area (Å²) >= 11 is 0. The fourth-order valence-corrected chi connectivity index (χ4v) is 5.11. The number of anilines is 4. The molecule has 1 aromatic carbocycles. The minimum absolute atomic E-state index is 0.0289. The molecule has 13 nitrogen and oxygen atoms in total. The van der Waals surface area contributed by atoms with Crippen LogP contribution in [-0.2, 0) is 11.3 Å². The van der Waals surface area contributed by atoms with Crippen LogP contribution in [0.15, 0.2) is 30.5 Å². The normalized spacial score (nSPS) is 22.3. The Balaban J connectivity index is 1.28. The molecule has 0 aliphatic carbocycles. The van der Waals surface area contributed by atoms with Crippen molar-refractivity contribution in [2.45, 2.75) is 25.0 Å². The molecule has 13 heteroatoms. The van der Waals surface area contributed by atoms with E-state index in [1.54, 1.807) is 13.2 Å². The SMILES string of the molecule is CN1CCN(c2ccc(Nc3ncc4c(n3)N(C)C(=O)N([C@H]3C[C@H](C(=O)O)N(C(=O)O)C3)C4)cc2)CC1. The number of piperazine rings is 1. The number of nitrogens with zero attached hydrogens (tertiary/aromatic N) is 7. The van der Waals surface area contributed by atoms with E-state index >= 15 is 0 Å². The number of fused-ring (bicyclic) bond motifs is 1. The van der Waals surface area contributed by atoms with Gasteiger partial charge in [-0.2, -0.15) is 4.98 Å². The highest BCUT2D eigenvalue weighted by molar-refractivity contribution is 5.93. The van der Waals surface area contributed by atoms with Crippen LogP contribution < -0.4 is 15.1 Å². The first-order valence-corrected chi connectivity index (χ1v) is 12.1. The number of benzene rings is 1. The van der Waals surface area contributed by atoms with Gasteiger partial charge < -0.3 is 30.2 Å². The van der Waals surface area contributed by atoms with Crippen molar-refractivity contribution < 1.29 is 24.6 Å². The molecule has 37 heavy (non-hydrogen) atoms. The predicted molar refractivity (Wildman–Crippen MR) is 135 cm³/mol. The third kappa shape index (κ3) is 4.81. The molecule has 3 aliphatic rings. The maximum Gasteiger partial charge on any atom is 0.408 e. The number of aromatic nitrogens is 2. The van der Waals surface area contributed by atoms with Crippen LogP contribution in [0.4, 0.5) is 32.7 Å². The number of nitrogens with one attached hydrogen (secondary N) is 1. The number of likely N-dealkylation sites (N-methyl/N-ethyl adjacent to an activating group) is 1. The summed E-state index contributed by atoms with van der Waals surface area (Å²) in [5, 5.41) is 22.0. The zero-order valence-electron chi connectivity index (χ0n) is 20.7. The number of urea groups is 1. The summed E-state index contributed by atoms with van der Waals surface area (Å²) in [5.74, 6) is -0.419. The van der Waals surface area contributed by atoms with E-state index in [0.29, 0.717) is 17.3 Å². The molecule has 2 saturated heterocycles. The van der Waals surface area contributed by atoms with Crippen LogP contribution in [0.5, 0.6) is 0 Å². The molecule has 2 atom stereocenters. The molecule has 1 aromatic heterocycles. The van der Waals surface area contributed by atoms with Crippen LogP contribution >= 0.6 is 0 Å². The molecule has 3 amide bonds. The minimum atomic E-state index is -1.32. The van der Waals surface area contributed by atoms with E-state index < -0.39 is 24.1 Å². The van der Waals surface area contributed by atoms with Gasteiger partial charge in [0.25, 0.3) is 0 Å². The van der Waals surface area contributed by atoms with Crippen LogP contribution in [0.1, 0.15) is 12.0 Å². The van der Waals surface area contributed by atoms with E-state index in [-0.39, 0.29) is 25.5 Å². The Morgan fingerprint density at radius 1 is 1.05 bits per heavy atom. The first kappa shape index (κ1) is 24.6. The zero-order valence-corrected chi connectivity index (χ0v) is 20.7. The third-order valence-electron chi connectivity index (χ3n) is 7.28. The average Bonchev–Trinajstić information content (AvgIpc) is 3.34. The van der Waals surface area contributed by atoms with Crippen LogP contribution in [-0.4, -0.2) is 112 Å². The van der Waals surface area contributed by atoms with Crippen LogP contribution in [0.25, 0.3) is 0 Å². The second kappa shape index (κ2) is 9.73. The average molecular weight is 511 g/mol. The van der Waals surface area contributed by atoms with E-state index in [1.807, 2.05) is 12.1 Å². The number of carboxylic acid groups (broad SMARTS) is 2. The van der Waals surface area contributed by atoms with Gasteiger partial charge in [-0.1, -0.05) is 0 Å². The monoisotopic (exact) mass is 510 g/mol. The van der Waals surface area contributed by atoms with Gasteiger partial charge in [0, 0.05) is 69.3 Å². The van der Waals surface area contributed by atoms with Crippen LogP contribution in [0, 0.1) is 0 Å². The summed E-state index contributed by atoms with van der Waals surface area (Å²) in [7, 11) is 3.72. The Morgan fingerprint density at radius 2 is 1.76 bits per heavy atom. The Labute approximate surface area is 213 Å². The highest BCUT2D eigenvalue weighted by Crippen LogP contribution is 2.32. The quantitative estimate of drug-likeness (QED) is 0.541. The summed E-state index contributed by atoms with van der Waals surface area (Å²) in [6.45, 7) is 4.15. The lowest BCUT2D eigenvalue weighted by Crippen LogP contribution is -2.51. The van der Waals surface area contributed by atoms with Gasteiger partial charge in [0.05, 0.1) is 12.6 Å². The number of carbonyl (C=O) groups excluding carboxylic acids is 1. The van der Waals surface area contributed by atoms with Gasteiger partial charge in [0.1, 0.15) is 11.9 Å². The molecule has 0 radical (unpaired) electrons. The van der Waals surface area contributed by atoms with Gasteiger partial charge in [-0.05, 0) is 31.3 Å². The lowest BCUT2D eigenvalue weighted by Gasteiger charge is -2.37. The number of hydrogen-bond acceptors (Lipinski definition) is 8. The van der Waals surface area contributed by atoms with E-state index in [2.05, 4.69) is 44.3 Å². The smallest absolute Gasteiger partial charge is 0.408 e. The number of amides is 3. The predicted octanol–water partition coefficient (Wildman–Crippen LogP) is 1.55. The third-order valence-corrected chi connectivity index (χ3v) is 7.28. The Hall–Kier alpha value is -4.13. The van der Waals surface area contributed by atoms with E-state index in [9.17, 15) is 24.6 Å². The largest absolute Gasteiger partial charge is 0.480 e. The van der Waals surface area contributed by atoms with Crippen molar-refractivity contribution in [3.8, 4) is 0 Å². The second-order valence-electron chi connectivity index (χ2n) is 9.65. The number of aliphatic carboxylic acids is 1. The number of hydrogen-bond donors (Lipinski definition) is 3. The van der Waals surface area contributed by atoms with Crippen LogP contribution in [0.2, 0.25) is 0 Å². The van der Waals surface area contributed by atoms with Gasteiger partial charge in [-0.3, -0.25) is 9.80 Å².